The SMILES string of the molecule is CCN(CC)C(=O)c1cc(F)cc(S(=O)(=O)c2ccc(CNC(=O)C3CC4CNCCC4N3)cc2)c1. The van der Waals surface area contributed by atoms with Crippen molar-refractivity contribution in [3.63, 3.8) is 0 Å². The highest BCUT2D eigenvalue weighted by Crippen LogP contribution is 2.26. The molecule has 0 bridgehead atoms. The van der Waals surface area contributed by atoms with Gasteiger partial charge in [0.2, 0.25) is 15.7 Å². The fraction of sp³-hybridized carbons (Fsp3) is 0.462. The predicted octanol–water partition coefficient (Wildman–Crippen LogP) is 2.10. The van der Waals surface area contributed by atoms with Crippen molar-refractivity contribution in [2.75, 3.05) is 26.2 Å². The predicted molar refractivity (Wildman–Crippen MR) is 134 cm³/mol. The molecule has 3 N–H and O–H groups in total. The first kappa shape index (κ1) is 26.2. The van der Waals surface area contributed by atoms with E-state index in [0.29, 0.717) is 25.0 Å². The smallest absolute Gasteiger partial charge is 0.253 e. The van der Waals surface area contributed by atoms with Gasteiger partial charge < -0.3 is 20.9 Å². The number of carbonyl (C=O) groups excluding carboxylic acids is 2. The summed E-state index contributed by atoms with van der Waals surface area (Å²) in [4.78, 5) is 26.5. The van der Waals surface area contributed by atoms with E-state index in [4.69, 9.17) is 0 Å². The Kier molecular flexibility index (Phi) is 8.07. The molecule has 0 saturated carbocycles. The summed E-state index contributed by atoms with van der Waals surface area (Å²) in [5.74, 6) is -0.813. The Hall–Kier alpha value is -2.82. The van der Waals surface area contributed by atoms with Crippen LogP contribution < -0.4 is 16.0 Å². The van der Waals surface area contributed by atoms with Crippen LogP contribution in [0.15, 0.2) is 52.3 Å². The molecule has 4 rings (SSSR count). The highest BCUT2D eigenvalue weighted by atomic mass is 32.2. The molecule has 2 aliphatic heterocycles. The number of amides is 2. The average Bonchev–Trinajstić information content (AvgIpc) is 3.32. The lowest BCUT2D eigenvalue weighted by Gasteiger charge is -2.25. The van der Waals surface area contributed by atoms with Gasteiger partial charge in [-0.3, -0.25) is 9.59 Å². The topological polar surface area (TPSA) is 108 Å². The quantitative estimate of drug-likeness (QED) is 0.496. The first-order chi connectivity index (χ1) is 17.2. The third-order valence-electron chi connectivity index (χ3n) is 7.06. The summed E-state index contributed by atoms with van der Waals surface area (Å²) < 4.78 is 40.6. The Morgan fingerprint density at radius 2 is 1.81 bits per heavy atom. The van der Waals surface area contributed by atoms with Crippen LogP contribution >= 0.6 is 0 Å². The van der Waals surface area contributed by atoms with E-state index in [-0.39, 0.29) is 33.8 Å². The van der Waals surface area contributed by atoms with Gasteiger partial charge in [-0.25, -0.2) is 12.8 Å². The van der Waals surface area contributed by atoms with Crippen molar-refractivity contribution in [1.29, 1.82) is 0 Å². The summed E-state index contributed by atoms with van der Waals surface area (Å²) in [7, 11) is -4.04. The maximum Gasteiger partial charge on any atom is 0.253 e. The summed E-state index contributed by atoms with van der Waals surface area (Å²) >= 11 is 0. The maximum atomic E-state index is 14.3. The molecule has 2 fully saturated rings. The highest BCUT2D eigenvalue weighted by Gasteiger charge is 2.38. The van der Waals surface area contributed by atoms with Crippen molar-refractivity contribution >= 4 is 21.7 Å². The number of hydrogen-bond donors (Lipinski definition) is 3. The molecule has 0 aromatic heterocycles. The zero-order valence-corrected chi connectivity index (χ0v) is 21.4. The second-order valence-electron chi connectivity index (χ2n) is 9.33. The van der Waals surface area contributed by atoms with E-state index in [2.05, 4.69) is 16.0 Å². The molecule has 194 valence electrons. The third-order valence-corrected chi connectivity index (χ3v) is 8.81. The molecule has 0 aliphatic carbocycles. The fourth-order valence-corrected chi connectivity index (χ4v) is 6.29. The number of rotatable bonds is 8. The van der Waals surface area contributed by atoms with Crippen molar-refractivity contribution in [1.82, 2.24) is 20.9 Å². The molecular formula is C26H33FN4O4S. The number of halogens is 1. The molecule has 0 radical (unpaired) electrons. The first-order valence-corrected chi connectivity index (χ1v) is 13.9. The number of piperidine rings is 1. The summed E-state index contributed by atoms with van der Waals surface area (Å²) in [6.45, 7) is 6.62. The van der Waals surface area contributed by atoms with Crippen LogP contribution in [0.3, 0.4) is 0 Å². The molecule has 2 amide bonds. The van der Waals surface area contributed by atoms with E-state index in [0.717, 1.165) is 43.6 Å². The number of fused-ring (bicyclic) bond motifs is 1. The number of carbonyl (C=O) groups is 2. The molecule has 3 unspecified atom stereocenters. The van der Waals surface area contributed by atoms with Crippen LogP contribution in [0.2, 0.25) is 0 Å². The zero-order valence-electron chi connectivity index (χ0n) is 20.6. The molecule has 2 aliphatic rings. The molecule has 10 heteroatoms. The Morgan fingerprint density at radius 3 is 2.47 bits per heavy atom. The van der Waals surface area contributed by atoms with Gasteiger partial charge in [0.05, 0.1) is 15.8 Å². The van der Waals surface area contributed by atoms with E-state index in [1.165, 1.54) is 23.1 Å². The highest BCUT2D eigenvalue weighted by molar-refractivity contribution is 7.91. The Labute approximate surface area is 211 Å². The van der Waals surface area contributed by atoms with Crippen LogP contribution in [0, 0.1) is 11.7 Å². The lowest BCUT2D eigenvalue weighted by atomic mass is 9.94. The van der Waals surface area contributed by atoms with Gasteiger partial charge in [-0.15, -0.1) is 0 Å². The van der Waals surface area contributed by atoms with Crippen LogP contribution in [-0.2, 0) is 21.2 Å². The number of sulfone groups is 1. The molecule has 36 heavy (non-hydrogen) atoms. The van der Waals surface area contributed by atoms with Crippen LogP contribution in [0.1, 0.15) is 42.6 Å². The number of nitrogens with one attached hydrogen (secondary N) is 3. The van der Waals surface area contributed by atoms with E-state index in [1.807, 2.05) is 0 Å². The van der Waals surface area contributed by atoms with Crippen molar-refractivity contribution in [2.24, 2.45) is 5.92 Å². The fourth-order valence-electron chi connectivity index (χ4n) is 4.97. The van der Waals surface area contributed by atoms with Gasteiger partial charge >= 0.3 is 0 Å². The van der Waals surface area contributed by atoms with Crippen molar-refractivity contribution in [3.05, 3.63) is 59.4 Å². The van der Waals surface area contributed by atoms with Crippen molar-refractivity contribution in [3.8, 4) is 0 Å². The minimum absolute atomic E-state index is 0.00671. The van der Waals surface area contributed by atoms with Gasteiger partial charge in [0, 0.05) is 31.2 Å². The molecule has 8 nitrogen and oxygen atoms in total. The van der Waals surface area contributed by atoms with Crippen molar-refractivity contribution in [2.45, 2.75) is 55.1 Å². The standard InChI is InChI=1S/C26H33FN4O4S/c1-3-31(4-2)26(33)18-11-20(27)14-22(12-18)36(34,35)21-7-5-17(6-8-21)15-29-25(32)24-13-19-16-28-10-9-23(19)30-24/h5-8,11-12,14,19,23-24,28,30H,3-4,9-10,13,15-16H2,1-2H3,(H,29,32). The third kappa shape index (κ3) is 5.61. The molecule has 2 heterocycles. The second-order valence-corrected chi connectivity index (χ2v) is 11.3. The molecular weight excluding hydrogens is 483 g/mol. The van der Waals surface area contributed by atoms with Gasteiger partial charge in [0.15, 0.2) is 0 Å². The van der Waals surface area contributed by atoms with Crippen molar-refractivity contribution < 1.29 is 22.4 Å². The van der Waals surface area contributed by atoms with Gasteiger partial charge in [0.1, 0.15) is 5.82 Å². The van der Waals surface area contributed by atoms with Gasteiger partial charge in [-0.05, 0) is 81.6 Å². The van der Waals surface area contributed by atoms with Gasteiger partial charge in [0.25, 0.3) is 5.91 Å². The van der Waals surface area contributed by atoms with E-state index in [1.54, 1.807) is 26.0 Å². The summed E-state index contributed by atoms with van der Waals surface area (Å²) in [6, 6.07) is 9.46. The van der Waals surface area contributed by atoms with Crippen LogP contribution in [0.4, 0.5) is 4.39 Å². The molecule has 3 atom stereocenters. The second kappa shape index (κ2) is 11.1. The van der Waals surface area contributed by atoms with E-state index < -0.39 is 21.6 Å². The largest absolute Gasteiger partial charge is 0.351 e. The van der Waals surface area contributed by atoms with Crippen LogP contribution in [0.5, 0.6) is 0 Å². The average molecular weight is 517 g/mol. The molecule has 0 spiro atoms. The zero-order chi connectivity index (χ0) is 25.9. The number of benzene rings is 2. The molecule has 2 saturated heterocycles. The summed E-state index contributed by atoms with van der Waals surface area (Å²) in [6.07, 6.45) is 1.81. The van der Waals surface area contributed by atoms with Gasteiger partial charge in [-0.2, -0.15) is 0 Å². The number of hydrogen-bond acceptors (Lipinski definition) is 6. The minimum atomic E-state index is -4.04. The Bertz CT molecular complexity index is 1200. The minimum Gasteiger partial charge on any atom is -0.351 e. The first-order valence-electron chi connectivity index (χ1n) is 12.4. The Balaban J connectivity index is 1.43. The van der Waals surface area contributed by atoms with E-state index in [9.17, 15) is 22.4 Å². The van der Waals surface area contributed by atoms with Crippen LogP contribution in [0.25, 0.3) is 0 Å². The van der Waals surface area contributed by atoms with E-state index >= 15 is 0 Å². The number of nitrogens with zero attached hydrogens (tertiary/aromatic N) is 1. The maximum absolute atomic E-state index is 14.3. The summed E-state index contributed by atoms with van der Waals surface area (Å²) in [5.41, 5.74) is 0.740. The monoisotopic (exact) mass is 516 g/mol. The lowest BCUT2D eigenvalue weighted by Crippen LogP contribution is -2.45. The van der Waals surface area contributed by atoms with Gasteiger partial charge in [-0.1, -0.05) is 12.1 Å². The Morgan fingerprint density at radius 1 is 1.08 bits per heavy atom. The molecule has 2 aromatic carbocycles. The van der Waals surface area contributed by atoms with Crippen LogP contribution in [-0.4, -0.2) is 63.4 Å². The normalized spacial score (nSPS) is 21.6. The summed E-state index contributed by atoms with van der Waals surface area (Å²) in [5, 5.41) is 9.71. The lowest BCUT2D eigenvalue weighted by molar-refractivity contribution is -0.123. The molecule has 2 aromatic rings.